The molecule has 1 aromatic rings. The fraction of sp³-hybridized carbons (Fsp3) is 0.300. The van der Waals surface area contributed by atoms with Gasteiger partial charge in [-0.05, 0) is 16.7 Å². The monoisotopic (exact) mass is 181 g/mol. The van der Waals surface area contributed by atoms with Crippen molar-refractivity contribution in [3.63, 3.8) is 0 Å². The highest BCUT2D eigenvalue weighted by atomic mass is 19.1. The Balaban J connectivity index is 3.00. The fourth-order valence-corrected chi connectivity index (χ4v) is 1.14. The highest BCUT2D eigenvalue weighted by molar-refractivity contribution is 5.32. The maximum atomic E-state index is 12.3. The molecule has 0 fully saturated rings. The van der Waals surface area contributed by atoms with E-state index in [2.05, 4.69) is 0 Å². The Hall–Kier alpha value is -1.43. The molecule has 0 aliphatic heterocycles. The molecule has 3 heteroatoms. The van der Waals surface area contributed by atoms with Gasteiger partial charge in [0.25, 0.3) is 0 Å². The van der Waals surface area contributed by atoms with Gasteiger partial charge in [0.2, 0.25) is 0 Å². The van der Waals surface area contributed by atoms with Gasteiger partial charge in [0, 0.05) is 0 Å². The quantitative estimate of drug-likeness (QED) is 0.703. The summed E-state index contributed by atoms with van der Waals surface area (Å²) in [4.78, 5) is 0. The molecule has 1 aromatic carbocycles. The molecule has 0 spiro atoms. The van der Waals surface area contributed by atoms with Crippen LogP contribution in [0.25, 0.3) is 0 Å². The molecule has 0 aliphatic carbocycles. The van der Waals surface area contributed by atoms with Crippen LogP contribution in [0.1, 0.15) is 16.7 Å². The first-order chi connectivity index (χ1) is 6.31. The average molecular weight is 181 g/mol. The van der Waals surface area contributed by atoms with E-state index in [-0.39, 0.29) is 6.42 Å². The molecule has 0 heterocycles. The second kappa shape index (κ2) is 4.56. The van der Waals surface area contributed by atoms with Gasteiger partial charge in [-0.1, -0.05) is 18.2 Å². The maximum absolute atomic E-state index is 12.3. The molecule has 0 N–H and O–H groups in total. The summed E-state index contributed by atoms with van der Waals surface area (Å²) in [5.74, 6) is 0. The van der Waals surface area contributed by atoms with Gasteiger partial charge in [0.15, 0.2) is 0 Å². The standard InChI is InChI=1S/C10H9F2N/c11-6-9-2-1-8(3-4-13)5-10(9)7-12/h1-2,5H,3,6-7H2. The second-order valence-electron chi connectivity index (χ2n) is 2.71. The third-order valence-electron chi connectivity index (χ3n) is 1.84. The summed E-state index contributed by atoms with van der Waals surface area (Å²) in [6.45, 7) is -1.34. The number of nitrogens with zero attached hydrogens (tertiary/aromatic N) is 1. The lowest BCUT2D eigenvalue weighted by Crippen LogP contribution is -1.92. The van der Waals surface area contributed by atoms with E-state index in [4.69, 9.17) is 5.26 Å². The zero-order valence-electron chi connectivity index (χ0n) is 7.06. The van der Waals surface area contributed by atoms with Gasteiger partial charge in [0.1, 0.15) is 13.3 Å². The second-order valence-corrected chi connectivity index (χ2v) is 2.71. The van der Waals surface area contributed by atoms with E-state index in [1.54, 1.807) is 6.07 Å². The van der Waals surface area contributed by atoms with Crippen molar-refractivity contribution in [3.05, 3.63) is 34.9 Å². The molecule has 68 valence electrons. The van der Waals surface area contributed by atoms with Crippen molar-refractivity contribution in [3.8, 4) is 6.07 Å². The Morgan fingerprint density at radius 3 is 2.38 bits per heavy atom. The largest absolute Gasteiger partial charge is 0.246 e. The van der Waals surface area contributed by atoms with Crippen LogP contribution in [-0.4, -0.2) is 0 Å². The number of halogens is 2. The summed E-state index contributed by atoms with van der Waals surface area (Å²) >= 11 is 0. The third kappa shape index (κ3) is 2.25. The molecule has 0 bridgehead atoms. The summed E-state index contributed by atoms with van der Waals surface area (Å²) in [5.41, 5.74) is 1.44. The molecule has 0 unspecified atom stereocenters. The molecule has 0 amide bonds. The smallest absolute Gasteiger partial charge is 0.115 e. The van der Waals surface area contributed by atoms with Gasteiger partial charge in [-0.3, -0.25) is 0 Å². The first kappa shape index (κ1) is 9.66. The van der Waals surface area contributed by atoms with Crippen LogP contribution < -0.4 is 0 Å². The summed E-state index contributed by atoms with van der Waals surface area (Å²) in [5, 5.41) is 8.39. The van der Waals surface area contributed by atoms with E-state index < -0.39 is 13.3 Å². The summed E-state index contributed by atoms with van der Waals surface area (Å²) < 4.78 is 24.6. The minimum absolute atomic E-state index is 0.236. The maximum Gasteiger partial charge on any atom is 0.115 e. The molecular formula is C10H9F2N. The molecule has 13 heavy (non-hydrogen) atoms. The Labute approximate surface area is 75.6 Å². The molecule has 0 aliphatic rings. The number of alkyl halides is 2. The van der Waals surface area contributed by atoms with Gasteiger partial charge >= 0.3 is 0 Å². The van der Waals surface area contributed by atoms with Gasteiger partial charge in [-0.25, -0.2) is 8.78 Å². The summed E-state index contributed by atoms with van der Waals surface area (Å²) in [6.07, 6.45) is 0.236. The highest BCUT2D eigenvalue weighted by Crippen LogP contribution is 2.15. The van der Waals surface area contributed by atoms with E-state index in [0.717, 1.165) is 5.56 Å². The third-order valence-corrected chi connectivity index (χ3v) is 1.84. The SMILES string of the molecule is N#CCc1ccc(CF)c(CF)c1. The lowest BCUT2D eigenvalue weighted by molar-refractivity contribution is 0.454. The summed E-state index contributed by atoms with van der Waals surface area (Å²) in [6, 6.07) is 6.68. The molecular weight excluding hydrogens is 172 g/mol. The minimum Gasteiger partial charge on any atom is -0.246 e. The molecule has 0 saturated carbocycles. The fourth-order valence-electron chi connectivity index (χ4n) is 1.14. The molecule has 0 atom stereocenters. The van der Waals surface area contributed by atoms with Gasteiger partial charge < -0.3 is 0 Å². The van der Waals surface area contributed by atoms with Crippen molar-refractivity contribution in [1.29, 1.82) is 5.26 Å². The van der Waals surface area contributed by atoms with Gasteiger partial charge in [-0.2, -0.15) is 5.26 Å². The van der Waals surface area contributed by atoms with E-state index >= 15 is 0 Å². The van der Waals surface area contributed by atoms with Gasteiger partial charge in [0.05, 0.1) is 12.5 Å². The first-order valence-electron chi connectivity index (χ1n) is 3.91. The Kier molecular flexibility index (Phi) is 3.39. The number of hydrogen-bond donors (Lipinski definition) is 0. The van der Waals surface area contributed by atoms with Crippen molar-refractivity contribution in [2.45, 2.75) is 19.8 Å². The van der Waals surface area contributed by atoms with Crippen molar-refractivity contribution >= 4 is 0 Å². The van der Waals surface area contributed by atoms with Crippen LogP contribution in [-0.2, 0) is 19.8 Å². The van der Waals surface area contributed by atoms with Crippen LogP contribution in [0.2, 0.25) is 0 Å². The van der Waals surface area contributed by atoms with Crippen molar-refractivity contribution in [1.82, 2.24) is 0 Å². The Bertz CT molecular complexity index is 328. The lowest BCUT2D eigenvalue weighted by atomic mass is 10.0. The molecule has 0 saturated heterocycles. The van der Waals surface area contributed by atoms with Crippen LogP contribution in [0.4, 0.5) is 8.78 Å². The Morgan fingerprint density at radius 2 is 1.85 bits per heavy atom. The van der Waals surface area contributed by atoms with Gasteiger partial charge in [-0.15, -0.1) is 0 Å². The minimum atomic E-state index is -0.682. The normalized spacial score (nSPS) is 9.62. The number of nitriles is 1. The van der Waals surface area contributed by atoms with E-state index in [1.807, 2.05) is 6.07 Å². The topological polar surface area (TPSA) is 23.8 Å². The van der Waals surface area contributed by atoms with E-state index in [9.17, 15) is 8.78 Å². The van der Waals surface area contributed by atoms with Crippen molar-refractivity contribution in [2.24, 2.45) is 0 Å². The number of hydrogen-bond acceptors (Lipinski definition) is 1. The van der Waals surface area contributed by atoms with Crippen LogP contribution in [0.15, 0.2) is 18.2 Å². The van der Waals surface area contributed by atoms with E-state index in [0.29, 0.717) is 11.1 Å². The van der Waals surface area contributed by atoms with E-state index in [1.165, 1.54) is 12.1 Å². The average Bonchev–Trinajstić information content (AvgIpc) is 2.18. The predicted molar refractivity (Wildman–Crippen MR) is 45.4 cm³/mol. The molecule has 0 aromatic heterocycles. The van der Waals surface area contributed by atoms with Crippen molar-refractivity contribution < 1.29 is 8.78 Å². The highest BCUT2D eigenvalue weighted by Gasteiger charge is 2.02. The van der Waals surface area contributed by atoms with Crippen LogP contribution >= 0.6 is 0 Å². The molecule has 1 nitrogen and oxygen atoms in total. The van der Waals surface area contributed by atoms with Crippen LogP contribution in [0.5, 0.6) is 0 Å². The number of rotatable bonds is 3. The lowest BCUT2D eigenvalue weighted by Gasteiger charge is -2.03. The van der Waals surface area contributed by atoms with Crippen molar-refractivity contribution in [2.75, 3.05) is 0 Å². The Morgan fingerprint density at radius 1 is 1.15 bits per heavy atom. The zero-order valence-corrected chi connectivity index (χ0v) is 7.06. The zero-order chi connectivity index (χ0) is 9.68. The molecule has 1 rings (SSSR count). The molecule has 0 radical (unpaired) electrons. The predicted octanol–water partition coefficient (Wildman–Crippen LogP) is 2.69. The van der Waals surface area contributed by atoms with Crippen LogP contribution in [0.3, 0.4) is 0 Å². The summed E-state index contributed by atoms with van der Waals surface area (Å²) in [7, 11) is 0. The number of benzene rings is 1. The van der Waals surface area contributed by atoms with Crippen LogP contribution in [0, 0.1) is 11.3 Å². The first-order valence-corrected chi connectivity index (χ1v) is 3.91.